The average molecular weight is 284 g/mol. The Bertz CT molecular complexity index is 662. The fourth-order valence-electron chi connectivity index (χ4n) is 1.54. The summed E-state index contributed by atoms with van der Waals surface area (Å²) in [6, 6.07) is 12.8. The molecular formula is C16H13FN2O2. The molecule has 0 spiro atoms. The van der Waals surface area contributed by atoms with Crippen LogP contribution in [-0.4, -0.2) is 18.4 Å². The van der Waals surface area contributed by atoms with Crippen molar-refractivity contribution in [3.8, 4) is 5.75 Å². The van der Waals surface area contributed by atoms with Crippen molar-refractivity contribution < 1.29 is 13.9 Å². The van der Waals surface area contributed by atoms with E-state index >= 15 is 0 Å². The van der Waals surface area contributed by atoms with E-state index in [2.05, 4.69) is 10.2 Å². The minimum Gasteiger partial charge on any atom is -0.427 e. The summed E-state index contributed by atoms with van der Waals surface area (Å²) in [4.78, 5) is 10.8. The zero-order chi connectivity index (χ0) is 15.1. The molecule has 2 aromatic rings. The molecule has 0 amide bonds. The molecule has 0 aliphatic heterocycles. The minimum absolute atomic E-state index is 0.288. The number of carbonyl (C=O) groups is 1. The molecule has 2 rings (SSSR count). The first-order chi connectivity index (χ1) is 10.1. The molecule has 0 radical (unpaired) electrons. The summed E-state index contributed by atoms with van der Waals surface area (Å²) >= 11 is 0. The zero-order valence-corrected chi connectivity index (χ0v) is 11.4. The smallest absolute Gasteiger partial charge is 0.308 e. The third kappa shape index (κ3) is 4.99. The Kier molecular flexibility index (Phi) is 4.93. The van der Waals surface area contributed by atoms with Gasteiger partial charge >= 0.3 is 5.97 Å². The normalized spacial score (nSPS) is 11.1. The number of ether oxygens (including phenoxy) is 1. The van der Waals surface area contributed by atoms with Crippen molar-refractivity contribution in [1.29, 1.82) is 0 Å². The number of rotatable bonds is 4. The Morgan fingerprint density at radius 2 is 1.43 bits per heavy atom. The van der Waals surface area contributed by atoms with Gasteiger partial charge in [-0.15, -0.1) is 0 Å². The fraction of sp³-hybridized carbons (Fsp3) is 0.0625. The van der Waals surface area contributed by atoms with Gasteiger partial charge in [-0.1, -0.05) is 12.1 Å². The molecule has 0 aliphatic rings. The molecule has 2 aromatic carbocycles. The van der Waals surface area contributed by atoms with E-state index in [1.165, 1.54) is 25.3 Å². The van der Waals surface area contributed by atoms with E-state index in [0.29, 0.717) is 5.75 Å². The Hall–Kier alpha value is -2.82. The highest BCUT2D eigenvalue weighted by atomic mass is 19.1. The van der Waals surface area contributed by atoms with E-state index in [4.69, 9.17) is 4.74 Å². The van der Waals surface area contributed by atoms with E-state index < -0.39 is 0 Å². The molecule has 0 unspecified atom stereocenters. The third-order valence-corrected chi connectivity index (χ3v) is 2.49. The van der Waals surface area contributed by atoms with E-state index in [0.717, 1.165) is 11.1 Å². The number of carbonyl (C=O) groups excluding carboxylic acids is 1. The van der Waals surface area contributed by atoms with Gasteiger partial charge in [0.05, 0.1) is 12.4 Å². The van der Waals surface area contributed by atoms with Gasteiger partial charge in [0, 0.05) is 6.92 Å². The topological polar surface area (TPSA) is 51.0 Å². The van der Waals surface area contributed by atoms with Crippen LogP contribution in [0.15, 0.2) is 58.7 Å². The molecule has 0 bridgehead atoms. The lowest BCUT2D eigenvalue weighted by atomic mass is 10.2. The number of hydrogen-bond donors (Lipinski definition) is 0. The molecule has 0 heterocycles. The summed E-state index contributed by atoms with van der Waals surface area (Å²) in [6.07, 6.45) is 3.10. The van der Waals surface area contributed by atoms with Gasteiger partial charge in [0.15, 0.2) is 0 Å². The Balaban J connectivity index is 1.94. The largest absolute Gasteiger partial charge is 0.427 e. The first-order valence-electron chi connectivity index (χ1n) is 6.24. The standard InChI is InChI=1S/C16H13FN2O2/c1-12(20)21-16-8-4-14(5-9-16)11-19-18-10-13-2-6-15(17)7-3-13/h2-11H,1H3. The molecule has 21 heavy (non-hydrogen) atoms. The number of benzene rings is 2. The van der Waals surface area contributed by atoms with Gasteiger partial charge in [-0.25, -0.2) is 4.39 Å². The summed E-state index contributed by atoms with van der Waals surface area (Å²) in [5.74, 6) is -0.168. The van der Waals surface area contributed by atoms with E-state index in [1.54, 1.807) is 42.6 Å². The van der Waals surface area contributed by atoms with Gasteiger partial charge in [0.25, 0.3) is 0 Å². The van der Waals surface area contributed by atoms with Crippen molar-refractivity contribution in [3.05, 3.63) is 65.5 Å². The quantitative estimate of drug-likeness (QED) is 0.374. The average Bonchev–Trinajstić information content (AvgIpc) is 2.46. The molecule has 0 saturated heterocycles. The number of nitrogens with zero attached hydrogens (tertiary/aromatic N) is 2. The lowest BCUT2D eigenvalue weighted by Gasteiger charge is -2.00. The Morgan fingerprint density at radius 3 is 1.90 bits per heavy atom. The fourth-order valence-corrected chi connectivity index (χ4v) is 1.54. The zero-order valence-electron chi connectivity index (χ0n) is 11.4. The van der Waals surface area contributed by atoms with Crippen molar-refractivity contribution in [2.24, 2.45) is 10.2 Å². The second-order valence-corrected chi connectivity index (χ2v) is 4.20. The van der Waals surface area contributed by atoms with Crippen LogP contribution in [0.2, 0.25) is 0 Å². The van der Waals surface area contributed by atoms with Gasteiger partial charge in [-0.2, -0.15) is 10.2 Å². The molecule has 0 aliphatic carbocycles. The van der Waals surface area contributed by atoms with E-state index in [9.17, 15) is 9.18 Å². The first-order valence-corrected chi connectivity index (χ1v) is 6.24. The lowest BCUT2D eigenvalue weighted by molar-refractivity contribution is -0.131. The second-order valence-electron chi connectivity index (χ2n) is 4.20. The summed E-state index contributed by atoms with van der Waals surface area (Å²) in [7, 11) is 0. The molecule has 0 aromatic heterocycles. The van der Waals surface area contributed by atoms with Gasteiger partial charge < -0.3 is 4.74 Å². The van der Waals surface area contributed by atoms with Crippen molar-refractivity contribution in [2.45, 2.75) is 6.92 Å². The van der Waals surface area contributed by atoms with Crippen LogP contribution in [0, 0.1) is 5.82 Å². The molecule has 4 nitrogen and oxygen atoms in total. The summed E-state index contributed by atoms with van der Waals surface area (Å²) in [6.45, 7) is 1.35. The molecule has 5 heteroatoms. The maximum atomic E-state index is 12.7. The lowest BCUT2D eigenvalue weighted by Crippen LogP contribution is -2.00. The van der Waals surface area contributed by atoms with Crippen molar-refractivity contribution in [1.82, 2.24) is 0 Å². The summed E-state index contributed by atoms with van der Waals surface area (Å²) < 4.78 is 17.6. The predicted octanol–water partition coefficient (Wildman–Crippen LogP) is 3.20. The number of hydrogen-bond acceptors (Lipinski definition) is 4. The minimum atomic E-state index is -0.361. The molecule has 0 saturated carbocycles. The number of halogens is 1. The van der Waals surface area contributed by atoms with Crippen molar-refractivity contribution in [2.75, 3.05) is 0 Å². The number of esters is 1. The van der Waals surface area contributed by atoms with Crippen molar-refractivity contribution >= 4 is 18.4 Å². The van der Waals surface area contributed by atoms with Crippen LogP contribution in [0.1, 0.15) is 18.1 Å². The maximum absolute atomic E-state index is 12.7. The Morgan fingerprint density at radius 1 is 0.952 bits per heavy atom. The summed E-state index contributed by atoms with van der Waals surface area (Å²) in [5.41, 5.74) is 1.58. The highest BCUT2D eigenvalue weighted by Gasteiger charge is 1.96. The van der Waals surface area contributed by atoms with Crippen molar-refractivity contribution in [3.63, 3.8) is 0 Å². The van der Waals surface area contributed by atoms with Crippen LogP contribution in [-0.2, 0) is 4.79 Å². The molecule has 0 atom stereocenters. The van der Waals surface area contributed by atoms with Gasteiger partial charge in [-0.05, 0) is 47.5 Å². The van der Waals surface area contributed by atoms with Crippen LogP contribution < -0.4 is 4.74 Å². The van der Waals surface area contributed by atoms with E-state index in [1.807, 2.05) is 0 Å². The van der Waals surface area contributed by atoms with E-state index in [-0.39, 0.29) is 11.8 Å². The van der Waals surface area contributed by atoms with Crippen LogP contribution in [0.3, 0.4) is 0 Å². The first kappa shape index (κ1) is 14.6. The third-order valence-electron chi connectivity index (χ3n) is 2.49. The molecule has 0 N–H and O–H groups in total. The van der Waals surface area contributed by atoms with Gasteiger partial charge in [-0.3, -0.25) is 4.79 Å². The molecular weight excluding hydrogens is 271 g/mol. The highest BCUT2D eigenvalue weighted by molar-refractivity contribution is 5.82. The van der Waals surface area contributed by atoms with Crippen LogP contribution in [0.5, 0.6) is 5.75 Å². The van der Waals surface area contributed by atoms with Gasteiger partial charge in [0.2, 0.25) is 0 Å². The highest BCUT2D eigenvalue weighted by Crippen LogP contribution is 2.11. The summed E-state index contributed by atoms with van der Waals surface area (Å²) in [5, 5.41) is 7.77. The second kappa shape index (κ2) is 7.09. The van der Waals surface area contributed by atoms with Gasteiger partial charge in [0.1, 0.15) is 11.6 Å². The predicted molar refractivity (Wildman–Crippen MR) is 79.3 cm³/mol. The Labute approximate surface area is 121 Å². The monoisotopic (exact) mass is 284 g/mol. The van der Waals surface area contributed by atoms with Crippen LogP contribution >= 0.6 is 0 Å². The van der Waals surface area contributed by atoms with Crippen LogP contribution in [0.4, 0.5) is 4.39 Å². The SMILES string of the molecule is CC(=O)Oc1ccc(C=NN=Cc2ccc(F)cc2)cc1. The van der Waals surface area contributed by atoms with Crippen LogP contribution in [0.25, 0.3) is 0 Å². The molecule has 106 valence electrons. The maximum Gasteiger partial charge on any atom is 0.308 e. The molecule has 0 fully saturated rings.